The van der Waals surface area contributed by atoms with Gasteiger partial charge in [-0.25, -0.2) is 4.98 Å². The summed E-state index contributed by atoms with van der Waals surface area (Å²) in [6.07, 6.45) is 1.75. The number of rotatable bonds is 5. The van der Waals surface area contributed by atoms with E-state index in [2.05, 4.69) is 30.4 Å². The molecule has 26 heavy (non-hydrogen) atoms. The summed E-state index contributed by atoms with van der Waals surface area (Å²) in [6, 6.07) is 11.6. The first-order valence-electron chi connectivity index (χ1n) is 8.44. The van der Waals surface area contributed by atoms with Crippen LogP contribution in [0.1, 0.15) is 0 Å². The topological polar surface area (TPSA) is 88.2 Å². The molecule has 4 rings (SSSR count). The molecule has 1 fully saturated rings. The van der Waals surface area contributed by atoms with Gasteiger partial charge in [0.2, 0.25) is 5.95 Å². The van der Waals surface area contributed by atoms with Gasteiger partial charge in [-0.15, -0.1) is 0 Å². The normalized spacial score (nSPS) is 14.3. The fourth-order valence-corrected chi connectivity index (χ4v) is 2.77. The van der Waals surface area contributed by atoms with Gasteiger partial charge in [0.25, 0.3) is 0 Å². The molecule has 2 aromatic heterocycles. The Morgan fingerprint density at radius 3 is 2.69 bits per heavy atom. The number of H-pyrrole nitrogens is 1. The smallest absolute Gasteiger partial charge is 0.227 e. The predicted octanol–water partition coefficient (Wildman–Crippen LogP) is 2.46. The van der Waals surface area contributed by atoms with Crippen molar-refractivity contribution in [2.75, 3.05) is 43.6 Å². The van der Waals surface area contributed by atoms with Crippen molar-refractivity contribution in [3.05, 3.63) is 42.6 Å². The third-order valence-electron chi connectivity index (χ3n) is 4.17. The Morgan fingerprint density at radius 2 is 1.92 bits per heavy atom. The SMILES string of the molecule is COc1ccc(-c2cc(Nc3ccnc(N4CCOCC4)n3)n[nH]2)cc1. The number of anilines is 3. The van der Waals surface area contributed by atoms with Gasteiger partial charge in [-0.1, -0.05) is 0 Å². The van der Waals surface area contributed by atoms with Crippen LogP contribution in [-0.2, 0) is 4.74 Å². The van der Waals surface area contributed by atoms with Gasteiger partial charge in [0.05, 0.1) is 26.0 Å². The Balaban J connectivity index is 1.48. The molecule has 1 aliphatic rings. The lowest BCUT2D eigenvalue weighted by Gasteiger charge is -2.26. The molecule has 0 bridgehead atoms. The highest BCUT2D eigenvalue weighted by atomic mass is 16.5. The maximum Gasteiger partial charge on any atom is 0.227 e. The number of hydrogen-bond donors (Lipinski definition) is 2. The number of methoxy groups -OCH3 is 1. The van der Waals surface area contributed by atoms with Gasteiger partial charge in [-0.05, 0) is 35.9 Å². The number of morpholine rings is 1. The molecule has 8 heteroatoms. The summed E-state index contributed by atoms with van der Waals surface area (Å²) >= 11 is 0. The summed E-state index contributed by atoms with van der Waals surface area (Å²) in [7, 11) is 1.65. The highest BCUT2D eigenvalue weighted by Crippen LogP contribution is 2.24. The number of nitrogens with one attached hydrogen (secondary N) is 2. The molecule has 3 heterocycles. The van der Waals surface area contributed by atoms with E-state index in [0.717, 1.165) is 30.1 Å². The molecule has 0 spiro atoms. The molecular formula is C18H20N6O2. The van der Waals surface area contributed by atoms with Crippen molar-refractivity contribution in [1.82, 2.24) is 20.2 Å². The van der Waals surface area contributed by atoms with E-state index in [-0.39, 0.29) is 0 Å². The van der Waals surface area contributed by atoms with Crippen LogP contribution in [0.4, 0.5) is 17.6 Å². The Morgan fingerprint density at radius 1 is 1.12 bits per heavy atom. The molecule has 0 saturated carbocycles. The maximum atomic E-state index is 5.37. The van der Waals surface area contributed by atoms with Gasteiger partial charge in [-0.2, -0.15) is 10.1 Å². The lowest BCUT2D eigenvalue weighted by molar-refractivity contribution is 0.122. The van der Waals surface area contributed by atoms with E-state index in [1.807, 2.05) is 36.4 Å². The zero-order chi connectivity index (χ0) is 17.8. The predicted molar refractivity (Wildman–Crippen MR) is 98.9 cm³/mol. The summed E-state index contributed by atoms with van der Waals surface area (Å²) < 4.78 is 10.6. The monoisotopic (exact) mass is 352 g/mol. The highest BCUT2D eigenvalue weighted by Gasteiger charge is 2.14. The molecule has 8 nitrogen and oxygen atoms in total. The van der Waals surface area contributed by atoms with E-state index >= 15 is 0 Å². The first kappa shape index (κ1) is 16.3. The van der Waals surface area contributed by atoms with Gasteiger partial charge in [0, 0.05) is 25.4 Å². The van der Waals surface area contributed by atoms with E-state index in [4.69, 9.17) is 9.47 Å². The van der Waals surface area contributed by atoms with Crippen molar-refractivity contribution >= 4 is 17.6 Å². The number of benzene rings is 1. The van der Waals surface area contributed by atoms with Crippen LogP contribution >= 0.6 is 0 Å². The standard InChI is InChI=1S/C18H20N6O2/c1-25-14-4-2-13(3-5-14)15-12-17(23-22-15)20-16-6-7-19-18(21-16)24-8-10-26-11-9-24/h2-7,12H,8-11H2,1H3,(H2,19,20,21,22,23). The van der Waals surface area contributed by atoms with Crippen LogP contribution in [0.5, 0.6) is 5.75 Å². The zero-order valence-electron chi connectivity index (χ0n) is 14.5. The van der Waals surface area contributed by atoms with E-state index in [1.165, 1.54) is 0 Å². The second-order valence-corrected chi connectivity index (χ2v) is 5.86. The molecule has 134 valence electrons. The van der Waals surface area contributed by atoms with Gasteiger partial charge in [0.1, 0.15) is 11.6 Å². The number of ether oxygens (including phenoxy) is 2. The summed E-state index contributed by atoms with van der Waals surface area (Å²) in [5.74, 6) is 2.92. The molecule has 0 amide bonds. The minimum absolute atomic E-state index is 0.697. The van der Waals surface area contributed by atoms with E-state index in [9.17, 15) is 0 Å². The van der Waals surface area contributed by atoms with Crippen LogP contribution in [0.25, 0.3) is 11.3 Å². The molecule has 1 aromatic carbocycles. The number of aromatic amines is 1. The quantitative estimate of drug-likeness (QED) is 0.729. The van der Waals surface area contributed by atoms with Crippen LogP contribution in [0.15, 0.2) is 42.6 Å². The number of aromatic nitrogens is 4. The third kappa shape index (κ3) is 3.60. The van der Waals surface area contributed by atoms with Gasteiger partial charge in [0.15, 0.2) is 5.82 Å². The average molecular weight is 352 g/mol. The summed E-state index contributed by atoms with van der Waals surface area (Å²) in [5.41, 5.74) is 1.95. The average Bonchev–Trinajstić information content (AvgIpc) is 3.17. The minimum atomic E-state index is 0.697. The number of nitrogens with zero attached hydrogens (tertiary/aromatic N) is 4. The third-order valence-corrected chi connectivity index (χ3v) is 4.17. The minimum Gasteiger partial charge on any atom is -0.497 e. The second kappa shape index (κ2) is 7.40. The summed E-state index contributed by atoms with van der Waals surface area (Å²) in [6.45, 7) is 3.00. The largest absolute Gasteiger partial charge is 0.497 e. The second-order valence-electron chi connectivity index (χ2n) is 5.86. The maximum absolute atomic E-state index is 5.37. The van der Waals surface area contributed by atoms with Crippen LogP contribution in [0.2, 0.25) is 0 Å². The molecule has 0 radical (unpaired) electrons. The molecule has 0 unspecified atom stereocenters. The van der Waals surface area contributed by atoms with Crippen molar-refractivity contribution in [1.29, 1.82) is 0 Å². The Hall–Kier alpha value is -3.13. The van der Waals surface area contributed by atoms with Gasteiger partial charge < -0.3 is 19.7 Å². The lowest BCUT2D eigenvalue weighted by atomic mass is 10.1. The fraction of sp³-hybridized carbons (Fsp3) is 0.278. The van der Waals surface area contributed by atoms with Crippen LogP contribution in [0, 0.1) is 0 Å². The molecular weight excluding hydrogens is 332 g/mol. The van der Waals surface area contributed by atoms with Gasteiger partial charge in [-0.3, -0.25) is 5.10 Å². The van der Waals surface area contributed by atoms with Crippen LogP contribution in [0.3, 0.4) is 0 Å². The van der Waals surface area contributed by atoms with Crippen molar-refractivity contribution < 1.29 is 9.47 Å². The summed E-state index contributed by atoms with van der Waals surface area (Å²) in [5, 5.41) is 10.6. The molecule has 3 aromatic rings. The Labute approximate surface area is 151 Å². The Bertz CT molecular complexity index is 858. The Kier molecular flexibility index (Phi) is 4.65. The van der Waals surface area contributed by atoms with Crippen LogP contribution < -0.4 is 15.0 Å². The van der Waals surface area contributed by atoms with E-state index in [1.54, 1.807) is 13.3 Å². The van der Waals surface area contributed by atoms with Crippen molar-refractivity contribution in [2.24, 2.45) is 0 Å². The first-order chi connectivity index (χ1) is 12.8. The fourth-order valence-electron chi connectivity index (χ4n) is 2.77. The van der Waals surface area contributed by atoms with E-state index in [0.29, 0.717) is 30.8 Å². The molecule has 2 N–H and O–H groups in total. The van der Waals surface area contributed by atoms with Crippen LogP contribution in [-0.4, -0.2) is 53.6 Å². The molecule has 0 atom stereocenters. The first-order valence-corrected chi connectivity index (χ1v) is 8.44. The van der Waals surface area contributed by atoms with Crippen molar-refractivity contribution in [3.63, 3.8) is 0 Å². The van der Waals surface area contributed by atoms with Gasteiger partial charge >= 0.3 is 0 Å². The summed E-state index contributed by atoms with van der Waals surface area (Å²) in [4.78, 5) is 11.0. The van der Waals surface area contributed by atoms with Crippen molar-refractivity contribution in [3.8, 4) is 17.0 Å². The van der Waals surface area contributed by atoms with E-state index < -0.39 is 0 Å². The highest BCUT2D eigenvalue weighted by molar-refractivity contribution is 5.65. The zero-order valence-corrected chi connectivity index (χ0v) is 14.5. The molecule has 1 aliphatic heterocycles. The lowest BCUT2D eigenvalue weighted by Crippen LogP contribution is -2.37. The number of hydrogen-bond acceptors (Lipinski definition) is 7. The molecule has 1 saturated heterocycles. The molecule has 0 aliphatic carbocycles. The van der Waals surface area contributed by atoms with Crippen molar-refractivity contribution in [2.45, 2.75) is 0 Å².